The largest absolute Gasteiger partial charge is 0.493 e. The maximum absolute atomic E-state index is 12.8. The Labute approximate surface area is 152 Å². The highest BCUT2D eigenvalue weighted by Crippen LogP contribution is 2.25. The Kier molecular flexibility index (Phi) is 5.51. The average Bonchev–Trinajstić information content (AvgIpc) is 2.67. The Bertz CT molecular complexity index is 784. The summed E-state index contributed by atoms with van der Waals surface area (Å²) < 4.78 is 5.81. The van der Waals surface area contributed by atoms with Gasteiger partial charge in [0.25, 0.3) is 11.6 Å². The van der Waals surface area contributed by atoms with Gasteiger partial charge < -0.3 is 9.64 Å². The molecule has 6 heteroatoms. The molecule has 0 unspecified atom stereocenters. The van der Waals surface area contributed by atoms with Crippen LogP contribution in [0.1, 0.15) is 28.8 Å². The standard InChI is InChI=1S/C20H22N2O4/c1-15-18(8-5-9-19(15)22(24)25)20(23)21-12-10-16(11-13-21)14-26-17-6-3-2-4-7-17/h2-9,16H,10-14H2,1H3. The number of benzene rings is 2. The Balaban J connectivity index is 1.57. The first-order valence-electron chi connectivity index (χ1n) is 8.77. The molecule has 0 saturated carbocycles. The summed E-state index contributed by atoms with van der Waals surface area (Å²) in [6.45, 7) is 3.56. The zero-order chi connectivity index (χ0) is 18.5. The third-order valence-electron chi connectivity index (χ3n) is 4.86. The first-order chi connectivity index (χ1) is 12.6. The minimum Gasteiger partial charge on any atom is -0.493 e. The second-order valence-electron chi connectivity index (χ2n) is 6.57. The Morgan fingerprint density at radius 1 is 1.15 bits per heavy atom. The number of carbonyl (C=O) groups is 1. The minimum absolute atomic E-state index is 0.0120. The molecule has 3 rings (SSSR count). The van der Waals surface area contributed by atoms with Gasteiger partial charge in [0.2, 0.25) is 0 Å². The summed E-state index contributed by atoms with van der Waals surface area (Å²) in [6, 6.07) is 14.4. The minimum atomic E-state index is -0.445. The molecule has 1 aliphatic heterocycles. The number of carbonyl (C=O) groups excluding carboxylic acids is 1. The summed E-state index contributed by atoms with van der Waals surface area (Å²) in [6.07, 6.45) is 1.74. The lowest BCUT2D eigenvalue weighted by atomic mass is 9.96. The molecule has 2 aromatic rings. The number of piperidine rings is 1. The Hall–Kier alpha value is -2.89. The third-order valence-corrected chi connectivity index (χ3v) is 4.86. The maximum atomic E-state index is 12.8. The second kappa shape index (κ2) is 7.99. The lowest BCUT2D eigenvalue weighted by molar-refractivity contribution is -0.385. The number of likely N-dealkylation sites (tertiary alicyclic amines) is 1. The van der Waals surface area contributed by atoms with E-state index < -0.39 is 4.92 Å². The molecule has 1 aliphatic rings. The van der Waals surface area contributed by atoms with E-state index in [0.29, 0.717) is 36.7 Å². The van der Waals surface area contributed by atoms with Crippen molar-refractivity contribution in [2.45, 2.75) is 19.8 Å². The van der Waals surface area contributed by atoms with Crippen LogP contribution < -0.4 is 4.74 Å². The van der Waals surface area contributed by atoms with Gasteiger partial charge in [0.05, 0.1) is 11.5 Å². The van der Waals surface area contributed by atoms with Crippen LogP contribution >= 0.6 is 0 Å². The van der Waals surface area contributed by atoms with Crippen LogP contribution in [0.5, 0.6) is 5.75 Å². The predicted octanol–water partition coefficient (Wildman–Crippen LogP) is 3.83. The van der Waals surface area contributed by atoms with Crippen molar-refractivity contribution in [3.8, 4) is 5.75 Å². The highest BCUT2D eigenvalue weighted by atomic mass is 16.6. The smallest absolute Gasteiger partial charge is 0.273 e. The fourth-order valence-corrected chi connectivity index (χ4v) is 3.26. The molecule has 0 spiro atoms. The van der Waals surface area contributed by atoms with Crippen molar-refractivity contribution < 1.29 is 14.5 Å². The molecule has 0 atom stereocenters. The molecule has 0 radical (unpaired) electrons. The second-order valence-corrected chi connectivity index (χ2v) is 6.57. The first-order valence-corrected chi connectivity index (χ1v) is 8.77. The van der Waals surface area contributed by atoms with Crippen LogP contribution in [0.3, 0.4) is 0 Å². The Morgan fingerprint density at radius 3 is 2.50 bits per heavy atom. The SMILES string of the molecule is Cc1c(C(=O)N2CCC(COc3ccccc3)CC2)cccc1[N+](=O)[O-]. The fraction of sp³-hybridized carbons (Fsp3) is 0.350. The molecule has 0 N–H and O–H groups in total. The summed E-state index contributed by atoms with van der Waals surface area (Å²) in [4.78, 5) is 25.2. The molecule has 26 heavy (non-hydrogen) atoms. The van der Waals surface area contributed by atoms with Gasteiger partial charge in [0.1, 0.15) is 5.75 Å². The molecule has 0 bridgehead atoms. The summed E-state index contributed by atoms with van der Waals surface area (Å²) in [5.74, 6) is 1.14. The zero-order valence-electron chi connectivity index (χ0n) is 14.8. The van der Waals surface area contributed by atoms with Gasteiger partial charge in [-0.25, -0.2) is 0 Å². The summed E-state index contributed by atoms with van der Waals surface area (Å²) in [7, 11) is 0. The van der Waals surface area contributed by atoms with Crippen molar-refractivity contribution in [2.24, 2.45) is 5.92 Å². The van der Waals surface area contributed by atoms with E-state index in [9.17, 15) is 14.9 Å². The van der Waals surface area contributed by atoms with Crippen LogP contribution in [0.15, 0.2) is 48.5 Å². The predicted molar refractivity (Wildman–Crippen MR) is 98.4 cm³/mol. The van der Waals surface area contributed by atoms with E-state index in [1.807, 2.05) is 30.3 Å². The highest BCUT2D eigenvalue weighted by Gasteiger charge is 2.26. The van der Waals surface area contributed by atoms with Gasteiger partial charge in [-0.2, -0.15) is 0 Å². The number of hydrogen-bond acceptors (Lipinski definition) is 4. The molecule has 0 aliphatic carbocycles. The van der Waals surface area contributed by atoms with E-state index in [1.165, 1.54) is 6.07 Å². The van der Waals surface area contributed by atoms with Crippen LogP contribution in [0.2, 0.25) is 0 Å². The summed E-state index contributed by atoms with van der Waals surface area (Å²) >= 11 is 0. The topological polar surface area (TPSA) is 72.7 Å². The van der Waals surface area contributed by atoms with Crippen LogP contribution in [-0.4, -0.2) is 35.4 Å². The molecular weight excluding hydrogens is 332 g/mol. The summed E-state index contributed by atoms with van der Waals surface area (Å²) in [5.41, 5.74) is 0.831. The van der Waals surface area contributed by atoms with Crippen LogP contribution in [0, 0.1) is 23.0 Å². The van der Waals surface area contributed by atoms with E-state index in [2.05, 4.69) is 0 Å². The average molecular weight is 354 g/mol. The molecule has 1 amide bonds. The van der Waals surface area contributed by atoms with E-state index in [-0.39, 0.29) is 11.6 Å². The lowest BCUT2D eigenvalue weighted by Crippen LogP contribution is -2.40. The van der Waals surface area contributed by atoms with Crippen molar-refractivity contribution in [3.05, 3.63) is 69.8 Å². The molecule has 1 fully saturated rings. The molecule has 0 aromatic heterocycles. The van der Waals surface area contributed by atoms with Crippen LogP contribution in [-0.2, 0) is 0 Å². The molecule has 6 nitrogen and oxygen atoms in total. The molecule has 136 valence electrons. The zero-order valence-corrected chi connectivity index (χ0v) is 14.8. The van der Waals surface area contributed by atoms with Gasteiger partial charge in [-0.15, -0.1) is 0 Å². The van der Waals surface area contributed by atoms with E-state index in [0.717, 1.165) is 18.6 Å². The van der Waals surface area contributed by atoms with Gasteiger partial charge in [-0.1, -0.05) is 24.3 Å². The van der Waals surface area contributed by atoms with Crippen LogP contribution in [0.4, 0.5) is 5.69 Å². The quantitative estimate of drug-likeness (QED) is 0.604. The first kappa shape index (κ1) is 17.9. The van der Waals surface area contributed by atoms with Crippen molar-refractivity contribution in [2.75, 3.05) is 19.7 Å². The van der Waals surface area contributed by atoms with E-state index in [4.69, 9.17) is 4.74 Å². The van der Waals surface area contributed by atoms with Gasteiger partial charge in [-0.05, 0) is 43.9 Å². The monoisotopic (exact) mass is 354 g/mol. The normalized spacial score (nSPS) is 14.9. The number of nitro benzene ring substituents is 1. The van der Waals surface area contributed by atoms with Gasteiger partial charge >= 0.3 is 0 Å². The van der Waals surface area contributed by atoms with Crippen molar-refractivity contribution in [1.29, 1.82) is 0 Å². The Morgan fingerprint density at radius 2 is 1.85 bits per heavy atom. The van der Waals surface area contributed by atoms with Crippen LogP contribution in [0.25, 0.3) is 0 Å². The van der Waals surface area contributed by atoms with E-state index >= 15 is 0 Å². The molecule has 1 saturated heterocycles. The lowest BCUT2D eigenvalue weighted by Gasteiger charge is -2.32. The number of nitrogens with zero attached hydrogens (tertiary/aromatic N) is 2. The molecule has 1 heterocycles. The summed E-state index contributed by atoms with van der Waals surface area (Å²) in [5, 5.41) is 11.1. The number of ether oxygens (including phenoxy) is 1. The number of hydrogen-bond donors (Lipinski definition) is 0. The number of rotatable bonds is 5. The number of amides is 1. The van der Waals surface area contributed by atoms with Crippen molar-refractivity contribution in [3.63, 3.8) is 0 Å². The van der Waals surface area contributed by atoms with Gasteiger partial charge in [0, 0.05) is 30.3 Å². The fourth-order valence-electron chi connectivity index (χ4n) is 3.26. The van der Waals surface area contributed by atoms with Crippen molar-refractivity contribution in [1.82, 2.24) is 4.90 Å². The maximum Gasteiger partial charge on any atom is 0.273 e. The number of nitro groups is 1. The van der Waals surface area contributed by atoms with Gasteiger partial charge in [-0.3, -0.25) is 14.9 Å². The molecule has 2 aromatic carbocycles. The molecular formula is C20H22N2O4. The highest BCUT2D eigenvalue weighted by molar-refractivity contribution is 5.96. The van der Waals surface area contributed by atoms with E-state index in [1.54, 1.807) is 24.0 Å². The number of para-hydroxylation sites is 1. The van der Waals surface area contributed by atoms with Gasteiger partial charge in [0.15, 0.2) is 0 Å². The third kappa shape index (κ3) is 4.02. The van der Waals surface area contributed by atoms with Crippen molar-refractivity contribution >= 4 is 11.6 Å².